The van der Waals surface area contributed by atoms with Gasteiger partial charge in [0, 0.05) is 12.1 Å². The summed E-state index contributed by atoms with van der Waals surface area (Å²) < 4.78 is 5.34. The molecule has 0 aliphatic carbocycles. The maximum absolute atomic E-state index is 12.5. The molecule has 1 aliphatic rings. The number of nitrogens with one attached hydrogen (secondary N) is 1. The molecule has 1 unspecified atom stereocenters. The zero-order valence-electron chi connectivity index (χ0n) is 15.5. The van der Waals surface area contributed by atoms with E-state index in [2.05, 4.69) is 5.32 Å². The number of esters is 1. The molecular formula is C19H26N2O4. The van der Waals surface area contributed by atoms with E-state index in [0.717, 1.165) is 5.56 Å². The minimum absolute atomic E-state index is 0.251. The summed E-state index contributed by atoms with van der Waals surface area (Å²) in [5.41, 5.74) is 0.968. The van der Waals surface area contributed by atoms with Gasteiger partial charge in [0.2, 0.25) is 5.91 Å². The van der Waals surface area contributed by atoms with Gasteiger partial charge in [-0.1, -0.05) is 17.7 Å². The standard InChI is InChI=1S/C19H26N2O4/c1-12-6-8-14(9-7-12)16(22)20-15-10-11-21(17(15)23)13(2)18(24)25-19(3,4)5/h6-9,13,15H,10-11H2,1-5H3,(H,20,22)/t13-,15?/m0/s1. The van der Waals surface area contributed by atoms with E-state index in [4.69, 9.17) is 4.74 Å². The number of rotatable bonds is 4. The molecule has 1 aromatic rings. The van der Waals surface area contributed by atoms with Gasteiger partial charge in [0.1, 0.15) is 17.7 Å². The van der Waals surface area contributed by atoms with Crippen molar-refractivity contribution in [2.45, 2.75) is 58.7 Å². The van der Waals surface area contributed by atoms with Crippen molar-refractivity contribution in [3.05, 3.63) is 35.4 Å². The summed E-state index contributed by atoms with van der Waals surface area (Å²) in [5, 5.41) is 2.75. The average molecular weight is 346 g/mol. The smallest absolute Gasteiger partial charge is 0.329 e. The number of nitrogens with zero attached hydrogens (tertiary/aromatic N) is 1. The van der Waals surface area contributed by atoms with Crippen LogP contribution in [0.4, 0.5) is 0 Å². The third-order valence-electron chi connectivity index (χ3n) is 4.07. The molecule has 0 radical (unpaired) electrons. The normalized spacial score (nSPS) is 18.8. The van der Waals surface area contributed by atoms with Crippen molar-refractivity contribution in [1.82, 2.24) is 10.2 Å². The topological polar surface area (TPSA) is 75.7 Å². The second-order valence-corrected chi connectivity index (χ2v) is 7.42. The highest BCUT2D eigenvalue weighted by Crippen LogP contribution is 2.18. The Labute approximate surface area is 148 Å². The molecule has 136 valence electrons. The van der Waals surface area contributed by atoms with E-state index in [0.29, 0.717) is 18.5 Å². The van der Waals surface area contributed by atoms with Crippen LogP contribution in [-0.4, -0.2) is 46.9 Å². The number of carbonyl (C=O) groups excluding carboxylic acids is 3. The van der Waals surface area contributed by atoms with Crippen molar-refractivity contribution in [2.75, 3.05) is 6.54 Å². The predicted molar refractivity (Wildman–Crippen MR) is 94.1 cm³/mol. The van der Waals surface area contributed by atoms with Crippen molar-refractivity contribution in [2.24, 2.45) is 0 Å². The first-order valence-corrected chi connectivity index (χ1v) is 8.49. The Bertz CT molecular complexity index is 661. The van der Waals surface area contributed by atoms with Crippen LogP contribution in [0, 0.1) is 6.92 Å². The van der Waals surface area contributed by atoms with E-state index < -0.39 is 23.7 Å². The Hall–Kier alpha value is -2.37. The summed E-state index contributed by atoms with van der Waals surface area (Å²) in [5.74, 6) is -0.977. The van der Waals surface area contributed by atoms with Gasteiger partial charge in [-0.15, -0.1) is 0 Å². The number of ether oxygens (including phenoxy) is 1. The number of hydrogen-bond acceptors (Lipinski definition) is 4. The lowest BCUT2D eigenvalue weighted by Crippen LogP contribution is -2.47. The van der Waals surface area contributed by atoms with Gasteiger partial charge in [0.15, 0.2) is 0 Å². The molecule has 1 saturated heterocycles. The molecular weight excluding hydrogens is 320 g/mol. The van der Waals surface area contributed by atoms with Crippen molar-refractivity contribution in [1.29, 1.82) is 0 Å². The van der Waals surface area contributed by atoms with Crippen LogP contribution in [0.5, 0.6) is 0 Å². The van der Waals surface area contributed by atoms with E-state index in [1.807, 2.05) is 19.1 Å². The lowest BCUT2D eigenvalue weighted by atomic mass is 10.1. The SMILES string of the molecule is Cc1ccc(C(=O)NC2CCN([C@@H](C)C(=O)OC(C)(C)C)C2=O)cc1. The number of aryl methyl sites for hydroxylation is 1. The first kappa shape index (κ1) is 19.0. The van der Waals surface area contributed by atoms with Crippen LogP contribution >= 0.6 is 0 Å². The lowest BCUT2D eigenvalue weighted by molar-refractivity contribution is -0.163. The second kappa shape index (κ2) is 7.25. The third-order valence-corrected chi connectivity index (χ3v) is 4.07. The Morgan fingerprint density at radius 1 is 1.24 bits per heavy atom. The summed E-state index contributed by atoms with van der Waals surface area (Å²) in [6.45, 7) is 9.36. The minimum Gasteiger partial charge on any atom is -0.458 e. The van der Waals surface area contributed by atoms with E-state index in [-0.39, 0.29) is 11.8 Å². The fourth-order valence-corrected chi connectivity index (χ4v) is 2.68. The van der Waals surface area contributed by atoms with Gasteiger partial charge < -0.3 is 15.0 Å². The highest BCUT2D eigenvalue weighted by atomic mass is 16.6. The molecule has 1 aromatic carbocycles. The van der Waals surface area contributed by atoms with Crippen molar-refractivity contribution < 1.29 is 19.1 Å². The fraction of sp³-hybridized carbons (Fsp3) is 0.526. The maximum atomic E-state index is 12.5. The Morgan fingerprint density at radius 2 is 1.84 bits per heavy atom. The van der Waals surface area contributed by atoms with Gasteiger partial charge >= 0.3 is 5.97 Å². The molecule has 0 aromatic heterocycles. The molecule has 1 N–H and O–H groups in total. The van der Waals surface area contributed by atoms with Gasteiger partial charge in [0.05, 0.1) is 0 Å². The van der Waals surface area contributed by atoms with Gasteiger partial charge in [-0.2, -0.15) is 0 Å². The van der Waals surface area contributed by atoms with Crippen molar-refractivity contribution >= 4 is 17.8 Å². The Kier molecular flexibility index (Phi) is 5.50. The monoisotopic (exact) mass is 346 g/mol. The quantitative estimate of drug-likeness (QED) is 0.847. The summed E-state index contributed by atoms with van der Waals surface area (Å²) >= 11 is 0. The van der Waals surface area contributed by atoms with E-state index >= 15 is 0 Å². The summed E-state index contributed by atoms with van der Waals surface area (Å²) in [4.78, 5) is 38.5. The van der Waals surface area contributed by atoms with Gasteiger partial charge in [-0.05, 0) is 53.2 Å². The molecule has 1 fully saturated rings. The number of carbonyl (C=O) groups is 3. The largest absolute Gasteiger partial charge is 0.458 e. The first-order chi connectivity index (χ1) is 11.6. The highest BCUT2D eigenvalue weighted by molar-refractivity contribution is 5.98. The zero-order chi connectivity index (χ0) is 18.8. The third kappa shape index (κ3) is 4.81. The number of amides is 2. The maximum Gasteiger partial charge on any atom is 0.329 e. The molecule has 1 heterocycles. The molecule has 1 aliphatic heterocycles. The summed E-state index contributed by atoms with van der Waals surface area (Å²) in [7, 11) is 0. The molecule has 2 rings (SSSR count). The minimum atomic E-state index is -0.673. The Morgan fingerprint density at radius 3 is 2.40 bits per heavy atom. The number of hydrogen-bond donors (Lipinski definition) is 1. The molecule has 2 amide bonds. The van der Waals surface area contributed by atoms with Crippen molar-refractivity contribution in [3.63, 3.8) is 0 Å². The molecule has 25 heavy (non-hydrogen) atoms. The fourth-order valence-electron chi connectivity index (χ4n) is 2.68. The van der Waals surface area contributed by atoms with Crippen LogP contribution in [0.3, 0.4) is 0 Å². The van der Waals surface area contributed by atoms with Crippen LogP contribution in [0.2, 0.25) is 0 Å². The van der Waals surface area contributed by atoms with Crippen LogP contribution in [0.25, 0.3) is 0 Å². The average Bonchev–Trinajstić information content (AvgIpc) is 2.86. The van der Waals surface area contributed by atoms with Crippen LogP contribution in [0.15, 0.2) is 24.3 Å². The molecule has 6 nitrogen and oxygen atoms in total. The predicted octanol–water partition coefficient (Wildman–Crippen LogP) is 2.06. The zero-order valence-corrected chi connectivity index (χ0v) is 15.5. The van der Waals surface area contributed by atoms with Gasteiger partial charge in [-0.3, -0.25) is 9.59 Å². The molecule has 0 spiro atoms. The van der Waals surface area contributed by atoms with Crippen LogP contribution in [-0.2, 0) is 14.3 Å². The summed E-state index contributed by atoms with van der Waals surface area (Å²) in [6.07, 6.45) is 0.476. The number of likely N-dealkylation sites (tertiary alicyclic amines) is 1. The highest BCUT2D eigenvalue weighted by Gasteiger charge is 2.39. The second-order valence-electron chi connectivity index (χ2n) is 7.42. The van der Waals surface area contributed by atoms with Crippen molar-refractivity contribution in [3.8, 4) is 0 Å². The lowest BCUT2D eigenvalue weighted by Gasteiger charge is -2.27. The van der Waals surface area contributed by atoms with Gasteiger partial charge in [0.25, 0.3) is 5.91 Å². The van der Waals surface area contributed by atoms with Gasteiger partial charge in [-0.25, -0.2) is 4.79 Å². The van der Waals surface area contributed by atoms with Crippen LogP contribution in [0.1, 0.15) is 50.0 Å². The number of benzene rings is 1. The molecule has 6 heteroatoms. The molecule has 0 saturated carbocycles. The molecule has 2 atom stereocenters. The van der Waals surface area contributed by atoms with Crippen LogP contribution < -0.4 is 5.32 Å². The molecule has 0 bridgehead atoms. The summed E-state index contributed by atoms with van der Waals surface area (Å²) in [6, 6.07) is 5.87. The first-order valence-electron chi connectivity index (χ1n) is 8.49. The Balaban J connectivity index is 1.98. The van der Waals surface area contributed by atoms with E-state index in [1.165, 1.54) is 4.90 Å². The van der Waals surface area contributed by atoms with E-state index in [9.17, 15) is 14.4 Å². The van der Waals surface area contributed by atoms with E-state index in [1.54, 1.807) is 39.8 Å².